The molecule has 1 aromatic heterocycles. The number of carbonyl (C=O) groups excluding carboxylic acids is 1. The lowest BCUT2D eigenvalue weighted by Gasteiger charge is -1.96. The topological polar surface area (TPSA) is 65.9 Å². The van der Waals surface area contributed by atoms with Gasteiger partial charge < -0.3 is 9.72 Å². The molecule has 0 saturated carbocycles. The molecule has 4 nitrogen and oxygen atoms in total. The van der Waals surface area contributed by atoms with E-state index in [1.807, 2.05) is 6.07 Å². The van der Waals surface area contributed by atoms with E-state index in [4.69, 9.17) is 10.00 Å². The molecule has 12 heavy (non-hydrogen) atoms. The number of rotatable bonds is 2. The van der Waals surface area contributed by atoms with Crippen molar-refractivity contribution in [1.29, 1.82) is 5.26 Å². The third-order valence-corrected chi connectivity index (χ3v) is 1.31. The van der Waals surface area contributed by atoms with Crippen LogP contribution in [0, 0.1) is 11.3 Å². The molecule has 0 saturated heterocycles. The summed E-state index contributed by atoms with van der Waals surface area (Å²) in [5.41, 5.74) is 0.742. The number of aromatic amines is 1. The Kier molecular flexibility index (Phi) is 2.49. The van der Waals surface area contributed by atoms with Gasteiger partial charge in [0.2, 0.25) is 0 Å². The van der Waals surface area contributed by atoms with Gasteiger partial charge in [0, 0.05) is 6.20 Å². The van der Waals surface area contributed by atoms with Gasteiger partial charge in [-0.05, 0) is 13.0 Å². The van der Waals surface area contributed by atoms with Crippen molar-refractivity contribution < 1.29 is 9.53 Å². The number of ether oxygens (including phenoxy) is 1. The van der Waals surface area contributed by atoms with Gasteiger partial charge in [0.25, 0.3) is 0 Å². The fraction of sp³-hybridized carbons (Fsp3) is 0.250. The molecule has 4 heteroatoms. The summed E-state index contributed by atoms with van der Waals surface area (Å²) in [6, 6.07) is 3.36. The summed E-state index contributed by atoms with van der Waals surface area (Å²) in [6.45, 7) is 2.06. The summed E-state index contributed by atoms with van der Waals surface area (Å²) in [5, 5.41) is 8.44. The van der Waals surface area contributed by atoms with E-state index in [9.17, 15) is 4.79 Å². The molecule has 0 atom stereocenters. The maximum absolute atomic E-state index is 11.0. The van der Waals surface area contributed by atoms with Gasteiger partial charge in [-0.15, -0.1) is 0 Å². The Hall–Kier alpha value is -1.76. The number of nitrogens with zero attached hydrogens (tertiary/aromatic N) is 1. The second-order valence-electron chi connectivity index (χ2n) is 2.13. The van der Waals surface area contributed by atoms with Gasteiger partial charge >= 0.3 is 5.97 Å². The lowest BCUT2D eigenvalue weighted by molar-refractivity contribution is 0.0520. The normalized spacial score (nSPS) is 9.00. The molecule has 1 N–H and O–H groups in total. The van der Waals surface area contributed by atoms with E-state index in [0.717, 1.165) is 0 Å². The molecule has 0 fully saturated rings. The maximum atomic E-state index is 11.0. The second kappa shape index (κ2) is 3.58. The van der Waals surface area contributed by atoms with E-state index in [2.05, 4.69) is 4.98 Å². The molecule has 62 valence electrons. The molecule has 0 amide bonds. The lowest BCUT2D eigenvalue weighted by Crippen LogP contribution is -2.04. The Labute approximate surface area is 69.8 Å². The van der Waals surface area contributed by atoms with Crippen LogP contribution in [0.2, 0.25) is 0 Å². The summed E-state index contributed by atoms with van der Waals surface area (Å²) < 4.78 is 4.71. The minimum absolute atomic E-state index is 0.313. The number of esters is 1. The van der Waals surface area contributed by atoms with Gasteiger partial charge in [0.05, 0.1) is 12.2 Å². The first-order valence-corrected chi connectivity index (χ1v) is 3.53. The summed E-state index contributed by atoms with van der Waals surface area (Å²) >= 11 is 0. The zero-order valence-electron chi connectivity index (χ0n) is 6.63. The molecule has 1 heterocycles. The van der Waals surface area contributed by atoms with Gasteiger partial charge in [-0.25, -0.2) is 4.79 Å². The molecule has 0 spiro atoms. The minimum Gasteiger partial charge on any atom is -0.461 e. The molecule has 0 radical (unpaired) electrons. The zero-order chi connectivity index (χ0) is 8.97. The Morgan fingerprint density at radius 1 is 1.83 bits per heavy atom. The van der Waals surface area contributed by atoms with Crippen molar-refractivity contribution in [2.24, 2.45) is 0 Å². The van der Waals surface area contributed by atoms with Crippen LogP contribution in [0.1, 0.15) is 23.0 Å². The first kappa shape index (κ1) is 8.34. The van der Waals surface area contributed by atoms with Crippen LogP contribution in [0.5, 0.6) is 0 Å². The highest BCUT2D eigenvalue weighted by molar-refractivity contribution is 5.87. The van der Waals surface area contributed by atoms with Crippen LogP contribution in [0.25, 0.3) is 0 Å². The molecule has 0 unspecified atom stereocenters. The summed E-state index contributed by atoms with van der Waals surface area (Å²) in [5.74, 6) is -0.431. The van der Waals surface area contributed by atoms with Crippen molar-refractivity contribution in [1.82, 2.24) is 4.98 Å². The monoisotopic (exact) mass is 164 g/mol. The van der Waals surface area contributed by atoms with Crippen LogP contribution in [0.3, 0.4) is 0 Å². The highest BCUT2D eigenvalue weighted by Crippen LogP contribution is 2.02. The first-order valence-electron chi connectivity index (χ1n) is 3.53. The number of nitrogens with one attached hydrogen (secondary N) is 1. The quantitative estimate of drug-likeness (QED) is 0.664. The smallest absolute Gasteiger partial charge is 0.354 e. The van der Waals surface area contributed by atoms with Crippen molar-refractivity contribution in [2.75, 3.05) is 6.61 Å². The van der Waals surface area contributed by atoms with Crippen molar-refractivity contribution in [3.63, 3.8) is 0 Å². The molecular formula is C8H8N2O2. The first-order chi connectivity index (χ1) is 5.77. The second-order valence-corrected chi connectivity index (χ2v) is 2.13. The van der Waals surface area contributed by atoms with Gasteiger partial charge in [-0.3, -0.25) is 0 Å². The van der Waals surface area contributed by atoms with Crippen LogP contribution in [0.15, 0.2) is 12.3 Å². The average Bonchev–Trinajstić information content (AvgIpc) is 2.52. The number of nitriles is 1. The number of aromatic nitrogens is 1. The van der Waals surface area contributed by atoms with Crippen molar-refractivity contribution >= 4 is 5.97 Å². The third kappa shape index (κ3) is 1.64. The zero-order valence-corrected chi connectivity index (χ0v) is 6.63. The predicted octanol–water partition coefficient (Wildman–Crippen LogP) is 1.06. The van der Waals surface area contributed by atoms with E-state index < -0.39 is 5.97 Å². The maximum Gasteiger partial charge on any atom is 0.354 e. The number of hydrogen-bond donors (Lipinski definition) is 1. The number of hydrogen-bond acceptors (Lipinski definition) is 3. The van der Waals surface area contributed by atoms with Crippen LogP contribution >= 0.6 is 0 Å². The summed E-state index contributed by atoms with van der Waals surface area (Å²) in [7, 11) is 0. The molecule has 1 rings (SSSR count). The molecular weight excluding hydrogens is 156 g/mol. The number of carbonyl (C=O) groups is 1. The Morgan fingerprint density at radius 2 is 2.58 bits per heavy atom. The Bertz CT molecular complexity index is 322. The van der Waals surface area contributed by atoms with Crippen molar-refractivity contribution in [2.45, 2.75) is 6.92 Å². The molecule has 0 aromatic carbocycles. The third-order valence-electron chi connectivity index (χ3n) is 1.31. The van der Waals surface area contributed by atoms with E-state index in [-0.39, 0.29) is 0 Å². The Balaban J connectivity index is 2.76. The van der Waals surface area contributed by atoms with E-state index in [1.54, 1.807) is 6.92 Å². The van der Waals surface area contributed by atoms with Gasteiger partial charge in [0.15, 0.2) is 0 Å². The predicted molar refractivity (Wildman–Crippen MR) is 41.5 cm³/mol. The van der Waals surface area contributed by atoms with E-state index >= 15 is 0 Å². The van der Waals surface area contributed by atoms with Crippen LogP contribution in [0.4, 0.5) is 0 Å². The van der Waals surface area contributed by atoms with Crippen LogP contribution < -0.4 is 0 Å². The van der Waals surface area contributed by atoms with Crippen LogP contribution in [-0.4, -0.2) is 17.6 Å². The molecule has 0 aliphatic rings. The van der Waals surface area contributed by atoms with Crippen LogP contribution in [-0.2, 0) is 4.74 Å². The van der Waals surface area contributed by atoms with Crippen molar-refractivity contribution in [3.8, 4) is 6.07 Å². The lowest BCUT2D eigenvalue weighted by atomic mass is 10.3. The van der Waals surface area contributed by atoms with E-state index in [0.29, 0.717) is 17.9 Å². The minimum atomic E-state index is -0.431. The highest BCUT2D eigenvalue weighted by Gasteiger charge is 2.07. The van der Waals surface area contributed by atoms with Gasteiger partial charge in [-0.2, -0.15) is 5.26 Å². The number of H-pyrrole nitrogens is 1. The molecule has 0 aliphatic carbocycles. The molecule has 0 aliphatic heterocycles. The van der Waals surface area contributed by atoms with E-state index in [1.165, 1.54) is 12.3 Å². The summed E-state index contributed by atoms with van der Waals surface area (Å²) in [6.07, 6.45) is 1.46. The SMILES string of the molecule is CCOC(=O)c1cc(C#N)c[nH]1. The largest absolute Gasteiger partial charge is 0.461 e. The fourth-order valence-corrected chi connectivity index (χ4v) is 0.786. The Morgan fingerprint density at radius 3 is 3.08 bits per heavy atom. The summed E-state index contributed by atoms with van der Waals surface area (Å²) in [4.78, 5) is 13.7. The highest BCUT2D eigenvalue weighted by atomic mass is 16.5. The van der Waals surface area contributed by atoms with Crippen molar-refractivity contribution in [3.05, 3.63) is 23.5 Å². The molecule has 1 aromatic rings. The average molecular weight is 164 g/mol. The fourth-order valence-electron chi connectivity index (χ4n) is 0.786. The van der Waals surface area contributed by atoms with Gasteiger partial charge in [-0.1, -0.05) is 0 Å². The standard InChI is InChI=1S/C8H8N2O2/c1-2-12-8(11)7-3-6(4-9)5-10-7/h3,5,10H,2H2,1H3. The van der Waals surface area contributed by atoms with Gasteiger partial charge in [0.1, 0.15) is 11.8 Å². The molecule has 0 bridgehead atoms.